The summed E-state index contributed by atoms with van der Waals surface area (Å²) in [5.74, 6) is -0.293. The Hall–Kier alpha value is -0.820. The van der Waals surface area contributed by atoms with E-state index in [1.54, 1.807) is 30.3 Å². The zero-order chi connectivity index (χ0) is 13.8. The maximum atomic E-state index is 14.1. The Bertz CT molecular complexity index is 422. The standard InChI is InChI=1S/C13H20FN3OS/c1-15(2)19-17-8-6-16(7-9-17)12-5-3-4-11(10-18)13(12)14/h3-5,18H,6-10H2,1-2H3. The minimum Gasteiger partial charge on any atom is -0.392 e. The molecule has 0 aliphatic carbocycles. The number of anilines is 1. The Balaban J connectivity index is 2.01. The normalized spacial score (nSPS) is 17.2. The van der Waals surface area contributed by atoms with Crippen molar-refractivity contribution in [2.45, 2.75) is 6.61 Å². The van der Waals surface area contributed by atoms with E-state index < -0.39 is 0 Å². The third kappa shape index (κ3) is 3.60. The smallest absolute Gasteiger partial charge is 0.151 e. The van der Waals surface area contributed by atoms with Crippen molar-refractivity contribution < 1.29 is 9.50 Å². The minimum absolute atomic E-state index is 0.254. The molecule has 0 bridgehead atoms. The summed E-state index contributed by atoms with van der Waals surface area (Å²) in [6, 6.07) is 5.20. The van der Waals surface area contributed by atoms with Crippen molar-refractivity contribution >= 4 is 17.8 Å². The van der Waals surface area contributed by atoms with Gasteiger partial charge in [-0.3, -0.25) is 0 Å². The monoisotopic (exact) mass is 285 g/mol. The summed E-state index contributed by atoms with van der Waals surface area (Å²) in [7, 11) is 4.03. The third-order valence-corrected chi connectivity index (χ3v) is 4.01. The van der Waals surface area contributed by atoms with Crippen molar-refractivity contribution in [2.24, 2.45) is 0 Å². The van der Waals surface area contributed by atoms with Gasteiger partial charge in [0.15, 0.2) is 5.82 Å². The van der Waals surface area contributed by atoms with E-state index in [1.165, 1.54) is 0 Å². The number of hydrogen-bond donors (Lipinski definition) is 1. The van der Waals surface area contributed by atoms with Gasteiger partial charge in [0.1, 0.15) is 0 Å². The van der Waals surface area contributed by atoms with Gasteiger partial charge in [-0.2, -0.15) is 0 Å². The topological polar surface area (TPSA) is 30.0 Å². The summed E-state index contributed by atoms with van der Waals surface area (Å²) in [5, 5.41) is 9.11. The molecule has 0 amide bonds. The van der Waals surface area contributed by atoms with Gasteiger partial charge >= 0.3 is 0 Å². The van der Waals surface area contributed by atoms with Gasteiger partial charge in [-0.05, 0) is 20.2 Å². The van der Waals surface area contributed by atoms with Gasteiger partial charge in [-0.25, -0.2) is 13.0 Å². The van der Waals surface area contributed by atoms with Crippen LogP contribution in [0.5, 0.6) is 0 Å². The second kappa shape index (κ2) is 6.56. The van der Waals surface area contributed by atoms with Gasteiger partial charge in [0.05, 0.1) is 12.3 Å². The summed E-state index contributed by atoms with van der Waals surface area (Å²) >= 11 is 1.69. The Morgan fingerprint density at radius 2 is 1.95 bits per heavy atom. The lowest BCUT2D eigenvalue weighted by molar-refractivity contribution is 0.275. The lowest BCUT2D eigenvalue weighted by atomic mass is 10.1. The number of rotatable bonds is 4. The molecule has 2 rings (SSSR count). The number of hydrogen-bond acceptors (Lipinski definition) is 5. The Kier molecular flexibility index (Phi) is 5.04. The first kappa shape index (κ1) is 14.6. The van der Waals surface area contributed by atoms with E-state index in [2.05, 4.69) is 8.61 Å². The zero-order valence-corrected chi connectivity index (χ0v) is 12.2. The fraction of sp³-hybridized carbons (Fsp3) is 0.538. The summed E-state index contributed by atoms with van der Waals surface area (Å²) < 4.78 is 18.5. The van der Waals surface area contributed by atoms with Crippen LogP contribution in [0.4, 0.5) is 10.1 Å². The van der Waals surface area contributed by atoms with Crippen molar-refractivity contribution in [2.75, 3.05) is 45.2 Å². The molecule has 1 heterocycles. The molecular weight excluding hydrogens is 265 g/mol. The van der Waals surface area contributed by atoms with E-state index in [0.717, 1.165) is 26.2 Å². The van der Waals surface area contributed by atoms with Crippen LogP contribution in [0.2, 0.25) is 0 Å². The molecule has 4 nitrogen and oxygen atoms in total. The number of aliphatic hydroxyl groups excluding tert-OH is 1. The third-order valence-electron chi connectivity index (χ3n) is 3.09. The van der Waals surface area contributed by atoms with E-state index in [4.69, 9.17) is 5.11 Å². The average Bonchev–Trinajstić information content (AvgIpc) is 2.39. The highest BCUT2D eigenvalue weighted by atomic mass is 32.2. The SMILES string of the molecule is CN(C)SN1CCN(c2cccc(CO)c2F)CC1. The Morgan fingerprint density at radius 1 is 1.26 bits per heavy atom. The number of benzene rings is 1. The van der Waals surface area contributed by atoms with Crippen LogP contribution < -0.4 is 4.90 Å². The number of halogens is 1. The fourth-order valence-electron chi connectivity index (χ4n) is 2.17. The highest BCUT2D eigenvalue weighted by Gasteiger charge is 2.21. The van der Waals surface area contributed by atoms with E-state index in [0.29, 0.717) is 11.3 Å². The predicted molar refractivity (Wildman–Crippen MR) is 77.4 cm³/mol. The van der Waals surface area contributed by atoms with Gasteiger partial charge < -0.3 is 10.0 Å². The number of piperazine rings is 1. The van der Waals surface area contributed by atoms with Crippen molar-refractivity contribution in [1.29, 1.82) is 0 Å². The van der Waals surface area contributed by atoms with Crippen molar-refractivity contribution in [1.82, 2.24) is 8.61 Å². The van der Waals surface area contributed by atoms with Crippen LogP contribution >= 0.6 is 12.1 Å². The average molecular weight is 285 g/mol. The molecule has 1 aromatic rings. The molecular formula is C13H20FN3OS. The Labute approximate surface area is 118 Å². The van der Waals surface area contributed by atoms with Gasteiger partial charge in [-0.1, -0.05) is 12.1 Å². The van der Waals surface area contributed by atoms with Crippen LogP contribution in [0, 0.1) is 5.82 Å². The first-order valence-corrected chi connectivity index (χ1v) is 7.08. The molecule has 106 valence electrons. The van der Waals surface area contributed by atoms with Crippen molar-refractivity contribution in [3.05, 3.63) is 29.6 Å². The van der Waals surface area contributed by atoms with Crippen LogP contribution in [-0.4, -0.2) is 54.0 Å². The molecule has 0 unspecified atom stereocenters. The van der Waals surface area contributed by atoms with Crippen LogP contribution in [-0.2, 0) is 6.61 Å². The lowest BCUT2D eigenvalue weighted by Gasteiger charge is -2.36. The van der Waals surface area contributed by atoms with Crippen molar-refractivity contribution in [3.63, 3.8) is 0 Å². The minimum atomic E-state index is -0.293. The summed E-state index contributed by atoms with van der Waals surface area (Å²) in [4.78, 5) is 2.04. The van der Waals surface area contributed by atoms with Gasteiger partial charge in [0.2, 0.25) is 0 Å². The summed E-state index contributed by atoms with van der Waals surface area (Å²) in [6.45, 7) is 3.13. The second-order valence-corrected chi connectivity index (χ2v) is 6.13. The summed E-state index contributed by atoms with van der Waals surface area (Å²) in [6.07, 6.45) is 0. The number of aliphatic hydroxyl groups is 1. The number of nitrogens with zero attached hydrogens (tertiary/aromatic N) is 3. The first-order chi connectivity index (χ1) is 9.11. The molecule has 1 aliphatic heterocycles. The molecule has 1 saturated heterocycles. The molecule has 1 N–H and O–H groups in total. The molecule has 19 heavy (non-hydrogen) atoms. The van der Waals surface area contributed by atoms with E-state index in [9.17, 15) is 4.39 Å². The van der Waals surface area contributed by atoms with E-state index in [-0.39, 0.29) is 12.4 Å². The molecule has 0 radical (unpaired) electrons. The highest BCUT2D eigenvalue weighted by Crippen LogP contribution is 2.25. The highest BCUT2D eigenvalue weighted by molar-refractivity contribution is 7.94. The Morgan fingerprint density at radius 3 is 2.53 bits per heavy atom. The van der Waals surface area contributed by atoms with E-state index in [1.807, 2.05) is 19.0 Å². The molecule has 1 aromatic carbocycles. The molecule has 0 aromatic heterocycles. The first-order valence-electron chi connectivity index (χ1n) is 6.35. The van der Waals surface area contributed by atoms with Gasteiger partial charge in [0.25, 0.3) is 0 Å². The maximum Gasteiger partial charge on any atom is 0.151 e. The zero-order valence-electron chi connectivity index (χ0n) is 11.3. The molecule has 0 atom stereocenters. The van der Waals surface area contributed by atoms with Crippen LogP contribution in [0.3, 0.4) is 0 Å². The van der Waals surface area contributed by atoms with E-state index >= 15 is 0 Å². The van der Waals surface area contributed by atoms with Crippen LogP contribution in [0.15, 0.2) is 18.2 Å². The quantitative estimate of drug-likeness (QED) is 0.848. The summed E-state index contributed by atoms with van der Waals surface area (Å²) in [5.41, 5.74) is 0.962. The second-order valence-electron chi connectivity index (χ2n) is 4.72. The largest absolute Gasteiger partial charge is 0.392 e. The maximum absolute atomic E-state index is 14.1. The molecule has 6 heteroatoms. The molecule has 1 fully saturated rings. The lowest BCUT2D eigenvalue weighted by Crippen LogP contribution is -2.44. The fourth-order valence-corrected chi connectivity index (χ4v) is 2.96. The van der Waals surface area contributed by atoms with Crippen LogP contribution in [0.1, 0.15) is 5.56 Å². The predicted octanol–water partition coefficient (Wildman–Crippen LogP) is 1.56. The van der Waals surface area contributed by atoms with Gasteiger partial charge in [-0.15, -0.1) is 0 Å². The van der Waals surface area contributed by atoms with Crippen molar-refractivity contribution in [3.8, 4) is 0 Å². The molecule has 0 saturated carbocycles. The molecule has 1 aliphatic rings. The molecule has 0 spiro atoms. The van der Waals surface area contributed by atoms with Crippen LogP contribution in [0.25, 0.3) is 0 Å². The van der Waals surface area contributed by atoms with Gasteiger partial charge in [0, 0.05) is 43.9 Å².